The molecule has 124 valence electrons. The summed E-state index contributed by atoms with van der Waals surface area (Å²) in [5.74, 6) is 0. The number of benzene rings is 2. The molecule has 2 aromatic carbocycles. The van der Waals surface area contributed by atoms with Crippen molar-refractivity contribution in [3.05, 3.63) is 88.1 Å². The van der Waals surface area contributed by atoms with Gasteiger partial charge in [-0.15, -0.1) is 0 Å². The second-order valence-electron chi connectivity index (χ2n) is 6.13. The maximum Gasteiger partial charge on any atom is 0.283 e. The van der Waals surface area contributed by atoms with E-state index in [4.69, 9.17) is 0 Å². The van der Waals surface area contributed by atoms with Crippen LogP contribution in [0, 0.1) is 10.1 Å². The van der Waals surface area contributed by atoms with Gasteiger partial charge in [-0.2, -0.15) is 0 Å². The molecule has 0 fully saturated rings. The molecule has 0 unspecified atom stereocenters. The van der Waals surface area contributed by atoms with E-state index < -0.39 is 0 Å². The van der Waals surface area contributed by atoms with Crippen LogP contribution in [0.1, 0.15) is 16.8 Å². The van der Waals surface area contributed by atoms with Crippen LogP contribution in [0.15, 0.2) is 61.2 Å². The van der Waals surface area contributed by atoms with Crippen molar-refractivity contribution in [1.82, 2.24) is 4.98 Å². The van der Waals surface area contributed by atoms with Gasteiger partial charge in [0, 0.05) is 23.4 Å². The summed E-state index contributed by atoms with van der Waals surface area (Å²) < 4.78 is 2.16. The van der Waals surface area contributed by atoms with Crippen LogP contribution in [0.25, 0.3) is 10.9 Å². The van der Waals surface area contributed by atoms with Crippen molar-refractivity contribution in [3.63, 3.8) is 0 Å². The van der Waals surface area contributed by atoms with Gasteiger partial charge in [-0.3, -0.25) is 10.1 Å². The molecule has 5 heteroatoms. The number of para-hydroxylation sites is 2. The normalized spacial score (nSPS) is 13.8. The van der Waals surface area contributed by atoms with E-state index in [0.717, 1.165) is 29.9 Å². The second kappa shape index (κ2) is 6.02. The molecule has 3 aromatic rings. The molecular weight excluding hydrogens is 314 g/mol. The van der Waals surface area contributed by atoms with Gasteiger partial charge >= 0.3 is 0 Å². The van der Waals surface area contributed by atoms with Crippen molar-refractivity contribution in [2.75, 3.05) is 13.1 Å². The van der Waals surface area contributed by atoms with Gasteiger partial charge in [-0.05, 0) is 23.8 Å². The molecule has 0 atom stereocenters. The van der Waals surface area contributed by atoms with E-state index in [1.54, 1.807) is 12.1 Å². The number of hydrogen-bond donors (Lipinski definition) is 1. The number of aromatic amines is 1. The first-order chi connectivity index (χ1) is 12.2. The highest BCUT2D eigenvalue weighted by Gasteiger charge is 2.33. The maximum atomic E-state index is 11.6. The van der Waals surface area contributed by atoms with Crippen LogP contribution in [0.4, 0.5) is 5.69 Å². The van der Waals surface area contributed by atoms with Crippen LogP contribution in [0.3, 0.4) is 0 Å². The van der Waals surface area contributed by atoms with Gasteiger partial charge in [-0.25, -0.2) is 4.58 Å². The largest absolute Gasteiger partial charge is 0.349 e. The number of nitro groups is 1. The highest BCUT2D eigenvalue weighted by Crippen LogP contribution is 2.30. The summed E-state index contributed by atoms with van der Waals surface area (Å²) in [6.07, 6.45) is 2.74. The third kappa shape index (κ3) is 2.45. The predicted octanol–water partition coefficient (Wildman–Crippen LogP) is 3.67. The highest BCUT2D eigenvalue weighted by atomic mass is 16.6. The van der Waals surface area contributed by atoms with Gasteiger partial charge in [0.2, 0.25) is 5.71 Å². The Morgan fingerprint density at radius 2 is 1.96 bits per heavy atom. The van der Waals surface area contributed by atoms with Gasteiger partial charge < -0.3 is 4.98 Å². The molecule has 5 nitrogen and oxygen atoms in total. The third-order valence-corrected chi connectivity index (χ3v) is 4.70. The molecule has 1 aromatic heterocycles. The summed E-state index contributed by atoms with van der Waals surface area (Å²) in [6.45, 7) is 5.30. The maximum absolute atomic E-state index is 11.6. The molecule has 0 saturated heterocycles. The average molecular weight is 332 g/mol. The van der Waals surface area contributed by atoms with Crippen LogP contribution in [-0.4, -0.2) is 33.3 Å². The summed E-state index contributed by atoms with van der Waals surface area (Å²) in [7, 11) is 0. The van der Waals surface area contributed by atoms with Crippen molar-refractivity contribution in [1.29, 1.82) is 0 Å². The Balaban J connectivity index is 2.04. The smallest absolute Gasteiger partial charge is 0.283 e. The molecule has 2 heterocycles. The first-order valence-corrected chi connectivity index (χ1v) is 8.27. The van der Waals surface area contributed by atoms with Crippen molar-refractivity contribution in [2.24, 2.45) is 0 Å². The quantitative estimate of drug-likeness (QED) is 0.343. The molecule has 0 radical (unpaired) electrons. The molecular formula is C20H18N3O2+. The molecule has 1 aliphatic heterocycles. The number of hydrogen-bond acceptors (Lipinski definition) is 2. The van der Waals surface area contributed by atoms with Gasteiger partial charge in [0.25, 0.3) is 5.69 Å². The van der Waals surface area contributed by atoms with Crippen molar-refractivity contribution >= 4 is 22.3 Å². The monoisotopic (exact) mass is 332 g/mol. The lowest BCUT2D eigenvalue weighted by molar-refractivity contribution is -0.518. The number of nitrogens with one attached hydrogen (secondary N) is 1. The summed E-state index contributed by atoms with van der Waals surface area (Å²) in [4.78, 5) is 14.7. The van der Waals surface area contributed by atoms with E-state index in [0.29, 0.717) is 12.1 Å². The Kier molecular flexibility index (Phi) is 3.69. The van der Waals surface area contributed by atoms with Gasteiger partial charge in [0.1, 0.15) is 17.8 Å². The van der Waals surface area contributed by atoms with E-state index in [2.05, 4.69) is 22.2 Å². The number of nitrogens with zero attached hydrogens (tertiary/aromatic N) is 2. The molecule has 4 rings (SSSR count). The molecule has 1 N–H and O–H groups in total. The summed E-state index contributed by atoms with van der Waals surface area (Å²) in [6, 6.07) is 15.1. The van der Waals surface area contributed by atoms with Gasteiger partial charge in [0.15, 0.2) is 6.54 Å². The molecule has 0 aliphatic carbocycles. The lowest BCUT2D eigenvalue weighted by Crippen LogP contribution is -2.31. The SMILES string of the molecule is C=CC[N+]1=C(c2ccccc2[N+](=O)[O-])c2[nH]c3ccccc3c2CC1. The zero-order chi connectivity index (χ0) is 17.4. The van der Waals surface area contributed by atoms with E-state index in [-0.39, 0.29) is 10.6 Å². The topological polar surface area (TPSA) is 61.9 Å². The minimum atomic E-state index is -0.314. The van der Waals surface area contributed by atoms with Gasteiger partial charge in [0.05, 0.1) is 4.92 Å². The van der Waals surface area contributed by atoms with E-state index >= 15 is 0 Å². The summed E-state index contributed by atoms with van der Waals surface area (Å²) in [5, 5.41) is 12.7. The molecule has 0 bridgehead atoms. The Morgan fingerprint density at radius 1 is 1.20 bits per heavy atom. The lowest BCUT2D eigenvalue weighted by Gasteiger charge is -2.15. The molecule has 25 heavy (non-hydrogen) atoms. The molecule has 0 spiro atoms. The Morgan fingerprint density at radius 3 is 2.76 bits per heavy atom. The Bertz CT molecular complexity index is 1030. The van der Waals surface area contributed by atoms with Crippen molar-refractivity contribution in [3.8, 4) is 0 Å². The zero-order valence-corrected chi connectivity index (χ0v) is 13.7. The van der Waals surface area contributed by atoms with E-state index in [1.807, 2.05) is 36.4 Å². The van der Waals surface area contributed by atoms with E-state index in [1.165, 1.54) is 10.9 Å². The Hall–Kier alpha value is -3.21. The lowest BCUT2D eigenvalue weighted by atomic mass is 9.96. The Labute approximate surface area is 145 Å². The fourth-order valence-corrected chi connectivity index (χ4v) is 3.66. The fraction of sp³-hybridized carbons (Fsp3) is 0.150. The zero-order valence-electron chi connectivity index (χ0n) is 13.7. The number of fused-ring (bicyclic) bond motifs is 3. The van der Waals surface area contributed by atoms with Crippen LogP contribution in [-0.2, 0) is 6.42 Å². The highest BCUT2D eigenvalue weighted by molar-refractivity contribution is 6.14. The standard InChI is InChI=1S/C20H17N3O2/c1-2-12-22-13-11-15-14-7-3-5-9-17(14)21-19(15)20(22)16-8-4-6-10-18(16)23(24)25/h2-10H,1,11-13H2/p+1. The fourth-order valence-electron chi connectivity index (χ4n) is 3.66. The number of rotatable bonds is 4. The van der Waals surface area contributed by atoms with E-state index in [9.17, 15) is 10.1 Å². The second-order valence-corrected chi connectivity index (χ2v) is 6.13. The van der Waals surface area contributed by atoms with Crippen LogP contribution < -0.4 is 0 Å². The number of aromatic nitrogens is 1. The van der Waals surface area contributed by atoms with Gasteiger partial charge in [-0.1, -0.05) is 36.9 Å². The van der Waals surface area contributed by atoms with Crippen LogP contribution in [0.2, 0.25) is 0 Å². The minimum Gasteiger partial charge on any atom is -0.349 e. The summed E-state index contributed by atoms with van der Waals surface area (Å²) >= 11 is 0. The first-order valence-electron chi connectivity index (χ1n) is 8.27. The first kappa shape index (κ1) is 15.3. The number of H-pyrrole nitrogens is 1. The third-order valence-electron chi connectivity index (χ3n) is 4.70. The minimum absolute atomic E-state index is 0.123. The molecule has 1 aliphatic rings. The molecule has 0 saturated carbocycles. The van der Waals surface area contributed by atoms with Crippen LogP contribution >= 0.6 is 0 Å². The molecule has 0 amide bonds. The van der Waals surface area contributed by atoms with Crippen molar-refractivity contribution in [2.45, 2.75) is 6.42 Å². The summed E-state index contributed by atoms with van der Waals surface area (Å²) in [5.41, 5.74) is 4.90. The average Bonchev–Trinajstić information content (AvgIpc) is 3.00. The van der Waals surface area contributed by atoms with Crippen LogP contribution in [0.5, 0.6) is 0 Å². The number of nitro benzene ring substituents is 1. The predicted molar refractivity (Wildman–Crippen MR) is 98.5 cm³/mol. The van der Waals surface area contributed by atoms with Crippen molar-refractivity contribution < 1.29 is 9.50 Å².